The highest BCUT2D eigenvalue weighted by atomic mass is 127. The zero-order valence-corrected chi connectivity index (χ0v) is 21.6. The van der Waals surface area contributed by atoms with Gasteiger partial charge in [-0.25, -0.2) is 14.6 Å². The molecule has 1 aromatic carbocycles. The summed E-state index contributed by atoms with van der Waals surface area (Å²) < 4.78 is 3.94. The summed E-state index contributed by atoms with van der Waals surface area (Å²) in [5.74, 6) is 2.49. The van der Waals surface area contributed by atoms with Crippen LogP contribution in [-0.2, 0) is 13.1 Å². The van der Waals surface area contributed by atoms with Crippen LogP contribution in [-0.4, -0.2) is 37.3 Å². The number of para-hydroxylation sites is 1. The summed E-state index contributed by atoms with van der Waals surface area (Å²) in [6.45, 7) is 7.28. The van der Waals surface area contributed by atoms with Crippen LogP contribution in [0.4, 0.5) is 0 Å². The van der Waals surface area contributed by atoms with E-state index in [0.717, 1.165) is 45.8 Å². The topological polar surface area (TPSA) is 85.0 Å². The van der Waals surface area contributed by atoms with Crippen LogP contribution in [0.1, 0.15) is 28.3 Å². The number of halogens is 1. The molecule has 0 aliphatic carbocycles. The number of nitrogens with zero attached hydrogens (tertiary/aromatic N) is 6. The number of imidazole rings is 1. The predicted octanol–water partition coefficient (Wildman–Crippen LogP) is 3.86. The Morgan fingerprint density at radius 2 is 1.79 bits per heavy atom. The van der Waals surface area contributed by atoms with E-state index in [-0.39, 0.29) is 24.0 Å². The molecule has 33 heavy (non-hydrogen) atoms. The Bertz CT molecular complexity index is 1220. The van der Waals surface area contributed by atoms with Crippen LogP contribution in [0.25, 0.3) is 11.5 Å². The van der Waals surface area contributed by atoms with E-state index in [9.17, 15) is 0 Å². The number of nitrogens with one attached hydrogen (secondary N) is 2. The number of guanidine groups is 1. The Kier molecular flexibility index (Phi) is 8.21. The molecule has 0 spiro atoms. The lowest BCUT2D eigenvalue weighted by molar-refractivity contribution is 0.779. The van der Waals surface area contributed by atoms with Gasteiger partial charge in [-0.05, 0) is 50.1 Å². The van der Waals surface area contributed by atoms with Gasteiger partial charge in [0, 0.05) is 44.4 Å². The maximum Gasteiger partial charge on any atom is 0.191 e. The number of benzene rings is 1. The third-order valence-electron chi connectivity index (χ3n) is 5.24. The standard InChI is InChI=1S/C24H28N8.HI/c1-17-13-18(2)32(30-17)22-8-6-5-7-21(22)16-29-24(25-4)28-15-20-9-10-23(27-14-20)31-12-11-26-19(31)3;/h5-14H,15-16H2,1-4H3,(H2,25,28,29);1H. The third kappa shape index (κ3) is 5.78. The quantitative estimate of drug-likeness (QED) is 0.214. The molecule has 0 saturated heterocycles. The molecule has 172 valence electrons. The molecule has 4 aromatic rings. The first-order chi connectivity index (χ1) is 15.5. The number of aromatic nitrogens is 5. The summed E-state index contributed by atoms with van der Waals surface area (Å²) >= 11 is 0. The Morgan fingerprint density at radius 1 is 1.00 bits per heavy atom. The summed E-state index contributed by atoms with van der Waals surface area (Å²) in [6, 6.07) is 14.4. The summed E-state index contributed by atoms with van der Waals surface area (Å²) in [5, 5.41) is 11.4. The van der Waals surface area contributed by atoms with Crippen molar-refractivity contribution in [1.82, 2.24) is 34.9 Å². The predicted molar refractivity (Wildman–Crippen MR) is 142 cm³/mol. The van der Waals surface area contributed by atoms with E-state index in [0.29, 0.717) is 13.1 Å². The lowest BCUT2D eigenvalue weighted by Gasteiger charge is -2.15. The second-order valence-corrected chi connectivity index (χ2v) is 7.62. The van der Waals surface area contributed by atoms with Gasteiger partial charge in [0.1, 0.15) is 11.6 Å². The molecule has 0 aliphatic rings. The molecule has 0 fully saturated rings. The van der Waals surface area contributed by atoms with Gasteiger partial charge in [-0.1, -0.05) is 24.3 Å². The van der Waals surface area contributed by atoms with Crippen LogP contribution < -0.4 is 10.6 Å². The summed E-state index contributed by atoms with van der Waals surface area (Å²) in [7, 11) is 1.77. The van der Waals surface area contributed by atoms with E-state index in [1.807, 2.05) is 53.7 Å². The average molecular weight is 556 g/mol. The summed E-state index contributed by atoms with van der Waals surface area (Å²) in [6.07, 6.45) is 5.55. The van der Waals surface area contributed by atoms with Gasteiger partial charge in [0.25, 0.3) is 0 Å². The molecule has 0 saturated carbocycles. The molecule has 0 radical (unpaired) electrons. The van der Waals surface area contributed by atoms with Crippen LogP contribution >= 0.6 is 24.0 Å². The first-order valence-corrected chi connectivity index (χ1v) is 10.6. The van der Waals surface area contributed by atoms with Crippen molar-refractivity contribution < 1.29 is 0 Å². The number of pyridine rings is 1. The van der Waals surface area contributed by atoms with Gasteiger partial charge in [-0.15, -0.1) is 24.0 Å². The van der Waals surface area contributed by atoms with Crippen molar-refractivity contribution in [1.29, 1.82) is 0 Å². The van der Waals surface area contributed by atoms with E-state index < -0.39 is 0 Å². The Hall–Kier alpha value is -3.21. The molecule has 9 heteroatoms. The maximum atomic E-state index is 4.63. The highest BCUT2D eigenvalue weighted by molar-refractivity contribution is 14.0. The zero-order chi connectivity index (χ0) is 22.5. The average Bonchev–Trinajstić information content (AvgIpc) is 3.38. The largest absolute Gasteiger partial charge is 0.352 e. The van der Waals surface area contributed by atoms with Gasteiger partial charge in [0.05, 0.1) is 11.4 Å². The van der Waals surface area contributed by atoms with Crippen LogP contribution in [0.15, 0.2) is 66.0 Å². The van der Waals surface area contributed by atoms with Gasteiger partial charge < -0.3 is 10.6 Å². The summed E-state index contributed by atoms with van der Waals surface area (Å²) in [4.78, 5) is 13.1. The SMILES string of the molecule is CN=C(NCc1ccc(-n2ccnc2C)nc1)NCc1ccccc1-n1nc(C)cc1C.I. The molecule has 0 aliphatic heterocycles. The number of aryl methyl sites for hydroxylation is 3. The van der Waals surface area contributed by atoms with Crippen molar-refractivity contribution in [2.45, 2.75) is 33.9 Å². The number of rotatable bonds is 6. The zero-order valence-electron chi connectivity index (χ0n) is 19.3. The first kappa shape index (κ1) is 24.4. The minimum atomic E-state index is 0. The first-order valence-electron chi connectivity index (χ1n) is 10.6. The van der Waals surface area contributed by atoms with Crippen LogP contribution in [0.2, 0.25) is 0 Å². The number of hydrogen-bond acceptors (Lipinski definition) is 4. The van der Waals surface area contributed by atoms with Crippen molar-refractivity contribution in [3.05, 3.63) is 89.4 Å². The number of hydrogen-bond donors (Lipinski definition) is 2. The van der Waals surface area contributed by atoms with E-state index >= 15 is 0 Å². The van der Waals surface area contributed by atoms with E-state index in [1.54, 1.807) is 13.2 Å². The van der Waals surface area contributed by atoms with Crippen molar-refractivity contribution in [3.8, 4) is 11.5 Å². The van der Waals surface area contributed by atoms with Gasteiger partial charge in [-0.2, -0.15) is 5.10 Å². The van der Waals surface area contributed by atoms with Gasteiger partial charge >= 0.3 is 0 Å². The molecule has 2 N–H and O–H groups in total. The van der Waals surface area contributed by atoms with Crippen LogP contribution in [0.5, 0.6) is 0 Å². The Balaban J connectivity index is 0.00000306. The number of aliphatic imine (C=N–C) groups is 1. The van der Waals surface area contributed by atoms with Crippen molar-refractivity contribution in [2.75, 3.05) is 7.05 Å². The molecule has 0 unspecified atom stereocenters. The fraction of sp³-hybridized carbons (Fsp3) is 0.250. The monoisotopic (exact) mass is 556 g/mol. The van der Waals surface area contributed by atoms with Crippen molar-refractivity contribution in [3.63, 3.8) is 0 Å². The smallest absolute Gasteiger partial charge is 0.191 e. The van der Waals surface area contributed by atoms with Gasteiger partial charge in [0.2, 0.25) is 0 Å². The van der Waals surface area contributed by atoms with E-state index in [1.165, 1.54) is 0 Å². The molecule has 3 heterocycles. The highest BCUT2D eigenvalue weighted by Crippen LogP contribution is 2.17. The fourth-order valence-electron chi connectivity index (χ4n) is 3.61. The molecular formula is C24H29IN8. The lowest BCUT2D eigenvalue weighted by atomic mass is 10.1. The fourth-order valence-corrected chi connectivity index (χ4v) is 3.61. The van der Waals surface area contributed by atoms with Crippen LogP contribution in [0, 0.1) is 20.8 Å². The molecule has 0 atom stereocenters. The highest BCUT2D eigenvalue weighted by Gasteiger charge is 2.09. The minimum Gasteiger partial charge on any atom is -0.352 e. The Morgan fingerprint density at radius 3 is 2.42 bits per heavy atom. The molecular weight excluding hydrogens is 527 g/mol. The van der Waals surface area contributed by atoms with Gasteiger partial charge in [-0.3, -0.25) is 9.56 Å². The second-order valence-electron chi connectivity index (χ2n) is 7.62. The Labute approximate surface area is 211 Å². The normalized spacial score (nSPS) is 11.2. The van der Waals surface area contributed by atoms with Gasteiger partial charge in [0.15, 0.2) is 5.96 Å². The maximum absolute atomic E-state index is 4.63. The molecule has 4 rings (SSSR count). The third-order valence-corrected chi connectivity index (χ3v) is 5.24. The molecule has 8 nitrogen and oxygen atoms in total. The minimum absolute atomic E-state index is 0. The van der Waals surface area contributed by atoms with E-state index in [2.05, 4.69) is 61.9 Å². The van der Waals surface area contributed by atoms with Crippen LogP contribution in [0.3, 0.4) is 0 Å². The summed E-state index contributed by atoms with van der Waals surface area (Å²) in [5.41, 5.74) is 5.39. The molecule has 0 amide bonds. The second kappa shape index (κ2) is 11.1. The lowest BCUT2D eigenvalue weighted by Crippen LogP contribution is -2.36. The molecule has 3 aromatic heterocycles. The van der Waals surface area contributed by atoms with Crippen molar-refractivity contribution in [2.24, 2.45) is 4.99 Å². The van der Waals surface area contributed by atoms with E-state index in [4.69, 9.17) is 0 Å². The van der Waals surface area contributed by atoms with Crippen molar-refractivity contribution >= 4 is 29.9 Å². The molecule has 0 bridgehead atoms.